The molecule has 6 nitrogen and oxygen atoms in total. The molecule has 90 valence electrons. The Morgan fingerprint density at radius 3 is 2.71 bits per heavy atom. The first kappa shape index (κ1) is 11.5. The van der Waals surface area contributed by atoms with Gasteiger partial charge in [-0.05, 0) is 33.8 Å². The van der Waals surface area contributed by atoms with Gasteiger partial charge in [0.1, 0.15) is 0 Å². The molecule has 0 aliphatic carbocycles. The molecule has 17 heavy (non-hydrogen) atoms. The molecular weight excluding hydrogens is 218 g/mol. The molecule has 0 radical (unpaired) electrons. The van der Waals surface area contributed by atoms with Gasteiger partial charge in [-0.3, -0.25) is 4.79 Å². The van der Waals surface area contributed by atoms with E-state index < -0.39 is 0 Å². The van der Waals surface area contributed by atoms with Crippen molar-refractivity contribution in [1.29, 1.82) is 0 Å². The number of nitrogens with one attached hydrogen (secondary N) is 1. The van der Waals surface area contributed by atoms with Crippen molar-refractivity contribution in [2.45, 2.75) is 33.2 Å². The number of aryl methyl sites for hydroxylation is 1. The van der Waals surface area contributed by atoms with Crippen LogP contribution in [0.4, 0.5) is 0 Å². The van der Waals surface area contributed by atoms with Crippen LogP contribution in [0.2, 0.25) is 0 Å². The molecule has 1 amide bonds. The summed E-state index contributed by atoms with van der Waals surface area (Å²) in [6.45, 7) is 7.60. The van der Waals surface area contributed by atoms with Crippen molar-refractivity contribution in [3.8, 4) is 0 Å². The Kier molecular flexibility index (Phi) is 2.57. The number of aromatic nitrogens is 4. The van der Waals surface area contributed by atoms with Crippen molar-refractivity contribution in [2.75, 3.05) is 0 Å². The summed E-state index contributed by atoms with van der Waals surface area (Å²) < 4.78 is 1.55. The van der Waals surface area contributed by atoms with Crippen molar-refractivity contribution in [1.82, 2.24) is 24.9 Å². The monoisotopic (exact) mass is 233 g/mol. The number of hydrogen-bond acceptors (Lipinski definition) is 4. The molecule has 0 aromatic carbocycles. The molecule has 0 aliphatic rings. The Bertz CT molecular complexity index is 567. The van der Waals surface area contributed by atoms with Crippen LogP contribution in [0.15, 0.2) is 12.3 Å². The predicted molar refractivity (Wildman–Crippen MR) is 62.7 cm³/mol. The molecule has 0 fully saturated rings. The van der Waals surface area contributed by atoms with Crippen LogP contribution in [0.3, 0.4) is 0 Å². The van der Waals surface area contributed by atoms with Crippen LogP contribution in [-0.4, -0.2) is 31.0 Å². The van der Waals surface area contributed by atoms with Gasteiger partial charge in [0.15, 0.2) is 0 Å². The molecule has 0 aliphatic heterocycles. The summed E-state index contributed by atoms with van der Waals surface area (Å²) in [5.74, 6) is 0.285. The topological polar surface area (TPSA) is 72.2 Å². The summed E-state index contributed by atoms with van der Waals surface area (Å²) in [6, 6.07) is 1.81. The Morgan fingerprint density at radius 1 is 1.41 bits per heavy atom. The van der Waals surface area contributed by atoms with E-state index in [0.717, 1.165) is 5.69 Å². The lowest BCUT2D eigenvalue weighted by atomic mass is 10.1. The average molecular weight is 233 g/mol. The highest BCUT2D eigenvalue weighted by atomic mass is 16.2. The van der Waals surface area contributed by atoms with Crippen molar-refractivity contribution in [3.63, 3.8) is 0 Å². The van der Waals surface area contributed by atoms with Gasteiger partial charge in [-0.15, -0.1) is 5.10 Å². The number of rotatable bonds is 1. The zero-order chi connectivity index (χ0) is 12.6. The van der Waals surface area contributed by atoms with Gasteiger partial charge < -0.3 is 5.32 Å². The summed E-state index contributed by atoms with van der Waals surface area (Å²) in [7, 11) is 0. The van der Waals surface area contributed by atoms with Crippen LogP contribution >= 0.6 is 0 Å². The molecule has 0 atom stereocenters. The van der Waals surface area contributed by atoms with E-state index >= 15 is 0 Å². The van der Waals surface area contributed by atoms with E-state index in [1.807, 2.05) is 33.8 Å². The van der Waals surface area contributed by atoms with Crippen molar-refractivity contribution in [3.05, 3.63) is 23.8 Å². The van der Waals surface area contributed by atoms with Crippen LogP contribution in [0.25, 0.3) is 5.78 Å². The van der Waals surface area contributed by atoms with Crippen LogP contribution in [-0.2, 0) is 0 Å². The molecule has 2 aromatic rings. The molecule has 0 unspecified atom stereocenters. The Hall–Kier alpha value is -1.98. The molecule has 0 saturated carbocycles. The van der Waals surface area contributed by atoms with Crippen LogP contribution in [0, 0.1) is 6.92 Å². The number of amides is 1. The first-order chi connectivity index (χ1) is 7.87. The highest BCUT2D eigenvalue weighted by Crippen LogP contribution is 2.04. The van der Waals surface area contributed by atoms with E-state index in [2.05, 4.69) is 20.4 Å². The number of carbonyl (C=O) groups is 1. The second kappa shape index (κ2) is 3.80. The second-order valence-corrected chi connectivity index (χ2v) is 4.94. The van der Waals surface area contributed by atoms with Gasteiger partial charge in [0, 0.05) is 17.4 Å². The maximum Gasteiger partial charge on any atom is 0.291 e. The first-order valence-corrected chi connectivity index (χ1v) is 5.38. The smallest absolute Gasteiger partial charge is 0.291 e. The summed E-state index contributed by atoms with van der Waals surface area (Å²) in [4.78, 5) is 20.0. The summed E-state index contributed by atoms with van der Waals surface area (Å²) in [5.41, 5.74) is 0.578. The molecule has 0 spiro atoms. The van der Waals surface area contributed by atoms with Crippen LogP contribution in [0.1, 0.15) is 37.1 Å². The van der Waals surface area contributed by atoms with Gasteiger partial charge in [0.2, 0.25) is 5.82 Å². The maximum atomic E-state index is 11.9. The Morgan fingerprint density at radius 2 is 2.12 bits per heavy atom. The van der Waals surface area contributed by atoms with Gasteiger partial charge >= 0.3 is 0 Å². The van der Waals surface area contributed by atoms with E-state index in [1.54, 1.807) is 10.7 Å². The van der Waals surface area contributed by atoms with E-state index in [9.17, 15) is 4.79 Å². The number of carbonyl (C=O) groups excluding carboxylic acids is 1. The Labute approximate surface area is 99.1 Å². The fourth-order valence-electron chi connectivity index (χ4n) is 1.40. The highest BCUT2D eigenvalue weighted by Gasteiger charge is 2.19. The molecule has 2 aromatic heterocycles. The third kappa shape index (κ3) is 2.41. The van der Waals surface area contributed by atoms with Gasteiger partial charge in [0.05, 0.1) is 0 Å². The largest absolute Gasteiger partial charge is 0.345 e. The minimum absolute atomic E-state index is 0.140. The van der Waals surface area contributed by atoms with Gasteiger partial charge in [0.25, 0.3) is 11.7 Å². The minimum Gasteiger partial charge on any atom is -0.345 e. The summed E-state index contributed by atoms with van der Waals surface area (Å²) in [5, 5.41) is 6.94. The van der Waals surface area contributed by atoms with Gasteiger partial charge in [-0.2, -0.15) is 4.98 Å². The zero-order valence-corrected chi connectivity index (χ0v) is 10.4. The van der Waals surface area contributed by atoms with E-state index in [1.165, 1.54) is 0 Å². The lowest BCUT2D eigenvalue weighted by Gasteiger charge is -2.18. The highest BCUT2D eigenvalue weighted by molar-refractivity contribution is 5.91. The normalized spacial score (nSPS) is 11.8. The molecule has 6 heteroatoms. The molecule has 0 saturated heterocycles. The lowest BCUT2D eigenvalue weighted by molar-refractivity contribution is 0.0909. The molecule has 1 N–H and O–H groups in total. The number of hydrogen-bond donors (Lipinski definition) is 1. The van der Waals surface area contributed by atoms with Crippen molar-refractivity contribution in [2.24, 2.45) is 0 Å². The van der Waals surface area contributed by atoms with Crippen LogP contribution in [0.5, 0.6) is 0 Å². The fourth-order valence-corrected chi connectivity index (χ4v) is 1.40. The van der Waals surface area contributed by atoms with Crippen molar-refractivity contribution >= 4 is 11.7 Å². The predicted octanol–water partition coefficient (Wildman–Crippen LogP) is 0.961. The Balaban J connectivity index is 2.37. The third-order valence-electron chi connectivity index (χ3n) is 2.12. The number of fused-ring (bicyclic) bond motifs is 1. The molecule has 0 bridgehead atoms. The van der Waals surface area contributed by atoms with E-state index in [-0.39, 0.29) is 17.3 Å². The summed E-state index contributed by atoms with van der Waals surface area (Å²) >= 11 is 0. The quantitative estimate of drug-likeness (QED) is 0.796. The first-order valence-electron chi connectivity index (χ1n) is 5.38. The van der Waals surface area contributed by atoms with Gasteiger partial charge in [-0.1, -0.05) is 0 Å². The third-order valence-corrected chi connectivity index (χ3v) is 2.12. The standard InChI is InChI=1S/C11H15N5O/c1-7-5-6-12-10-13-8(15-16(7)10)9(17)14-11(2,3)4/h5-6H,1-4H3,(H,14,17). The van der Waals surface area contributed by atoms with Crippen LogP contribution < -0.4 is 5.32 Å². The zero-order valence-electron chi connectivity index (χ0n) is 10.4. The maximum absolute atomic E-state index is 11.9. The number of nitrogens with zero attached hydrogens (tertiary/aromatic N) is 4. The molecule has 2 heterocycles. The molecular formula is C11H15N5O. The minimum atomic E-state index is -0.308. The average Bonchev–Trinajstić information content (AvgIpc) is 2.60. The summed E-state index contributed by atoms with van der Waals surface area (Å²) in [6.07, 6.45) is 1.64. The van der Waals surface area contributed by atoms with Gasteiger partial charge in [-0.25, -0.2) is 9.50 Å². The fraction of sp³-hybridized carbons (Fsp3) is 0.455. The lowest BCUT2D eigenvalue weighted by Crippen LogP contribution is -2.41. The SMILES string of the molecule is Cc1ccnc2nc(C(=O)NC(C)(C)C)nn12. The molecule has 2 rings (SSSR count). The second-order valence-electron chi connectivity index (χ2n) is 4.94. The van der Waals surface area contributed by atoms with Crippen molar-refractivity contribution < 1.29 is 4.79 Å². The van der Waals surface area contributed by atoms with E-state index in [0.29, 0.717) is 5.78 Å². The van der Waals surface area contributed by atoms with E-state index in [4.69, 9.17) is 0 Å².